The van der Waals surface area contributed by atoms with E-state index in [9.17, 15) is 0 Å². The molecule has 0 aliphatic rings. The standard InChI is InChI=1S/C12H17N3OS/c1-7-10(9(3)16-15-7)6-12-14-8(2)11(17-12)4-5-13/h4-6,13H2,1-3H3. The lowest BCUT2D eigenvalue weighted by Crippen LogP contribution is -2.01. The van der Waals surface area contributed by atoms with Gasteiger partial charge in [-0.2, -0.15) is 0 Å². The fourth-order valence-electron chi connectivity index (χ4n) is 1.83. The van der Waals surface area contributed by atoms with Gasteiger partial charge in [-0.15, -0.1) is 11.3 Å². The predicted octanol–water partition coefficient (Wildman–Crippen LogP) is 2.15. The maximum Gasteiger partial charge on any atom is 0.137 e. The van der Waals surface area contributed by atoms with Gasteiger partial charge in [-0.1, -0.05) is 5.16 Å². The first-order valence-corrected chi connectivity index (χ1v) is 6.50. The van der Waals surface area contributed by atoms with Crippen molar-refractivity contribution < 1.29 is 4.52 Å². The third-order valence-corrected chi connectivity index (χ3v) is 4.03. The fourth-order valence-corrected chi connectivity index (χ4v) is 2.93. The van der Waals surface area contributed by atoms with E-state index in [1.165, 1.54) is 4.88 Å². The molecular weight excluding hydrogens is 234 g/mol. The van der Waals surface area contributed by atoms with E-state index in [1.54, 1.807) is 11.3 Å². The second-order valence-corrected chi connectivity index (χ2v) is 5.30. The van der Waals surface area contributed by atoms with Gasteiger partial charge in [0.1, 0.15) is 5.76 Å². The van der Waals surface area contributed by atoms with Crippen LogP contribution in [0.3, 0.4) is 0 Å². The zero-order valence-corrected chi connectivity index (χ0v) is 11.2. The Morgan fingerprint density at radius 2 is 2.00 bits per heavy atom. The highest BCUT2D eigenvalue weighted by atomic mass is 32.1. The molecule has 0 unspecified atom stereocenters. The van der Waals surface area contributed by atoms with Gasteiger partial charge in [0.15, 0.2) is 0 Å². The lowest BCUT2D eigenvalue weighted by Gasteiger charge is -1.95. The van der Waals surface area contributed by atoms with Crippen LogP contribution in [0, 0.1) is 20.8 Å². The maximum atomic E-state index is 5.58. The van der Waals surface area contributed by atoms with Crippen LogP contribution in [0.4, 0.5) is 0 Å². The molecule has 0 fully saturated rings. The second-order valence-electron chi connectivity index (χ2n) is 4.13. The first-order valence-electron chi connectivity index (χ1n) is 5.68. The van der Waals surface area contributed by atoms with Gasteiger partial charge in [-0.25, -0.2) is 4.98 Å². The summed E-state index contributed by atoms with van der Waals surface area (Å²) in [6.07, 6.45) is 1.71. The van der Waals surface area contributed by atoms with Crippen molar-refractivity contribution in [2.24, 2.45) is 5.73 Å². The summed E-state index contributed by atoms with van der Waals surface area (Å²) in [6, 6.07) is 0. The molecular formula is C12H17N3OS. The molecule has 5 heteroatoms. The van der Waals surface area contributed by atoms with Crippen molar-refractivity contribution in [3.8, 4) is 0 Å². The molecule has 2 aromatic heterocycles. The van der Waals surface area contributed by atoms with Crippen molar-refractivity contribution in [1.82, 2.24) is 10.1 Å². The van der Waals surface area contributed by atoms with Crippen molar-refractivity contribution in [2.75, 3.05) is 6.54 Å². The molecule has 4 nitrogen and oxygen atoms in total. The Bertz CT molecular complexity index is 496. The molecule has 0 bridgehead atoms. The minimum Gasteiger partial charge on any atom is -0.361 e. The summed E-state index contributed by atoms with van der Waals surface area (Å²) in [4.78, 5) is 5.87. The van der Waals surface area contributed by atoms with E-state index in [0.717, 1.165) is 40.6 Å². The van der Waals surface area contributed by atoms with E-state index >= 15 is 0 Å². The van der Waals surface area contributed by atoms with Gasteiger partial charge in [0.25, 0.3) is 0 Å². The molecule has 0 saturated carbocycles. The molecule has 0 saturated heterocycles. The van der Waals surface area contributed by atoms with Crippen LogP contribution in [0.2, 0.25) is 0 Å². The summed E-state index contributed by atoms with van der Waals surface area (Å²) in [5, 5.41) is 5.07. The van der Waals surface area contributed by atoms with Gasteiger partial charge < -0.3 is 10.3 Å². The fraction of sp³-hybridized carbons (Fsp3) is 0.500. The Morgan fingerprint density at radius 3 is 2.59 bits per heavy atom. The molecule has 2 rings (SSSR count). The summed E-state index contributed by atoms with van der Waals surface area (Å²) < 4.78 is 5.16. The van der Waals surface area contributed by atoms with Crippen LogP contribution in [0.1, 0.15) is 32.6 Å². The summed E-state index contributed by atoms with van der Waals surface area (Å²) in [5.41, 5.74) is 8.78. The highest BCUT2D eigenvalue weighted by Crippen LogP contribution is 2.23. The largest absolute Gasteiger partial charge is 0.361 e. The van der Waals surface area contributed by atoms with Crippen LogP contribution >= 0.6 is 11.3 Å². The van der Waals surface area contributed by atoms with Gasteiger partial charge in [0, 0.05) is 16.9 Å². The first kappa shape index (κ1) is 12.3. The van der Waals surface area contributed by atoms with Crippen LogP contribution in [-0.4, -0.2) is 16.7 Å². The Kier molecular flexibility index (Phi) is 3.59. The third kappa shape index (κ3) is 2.56. The van der Waals surface area contributed by atoms with E-state index < -0.39 is 0 Å². The Balaban J connectivity index is 2.22. The number of aromatic nitrogens is 2. The lowest BCUT2D eigenvalue weighted by molar-refractivity contribution is 0.392. The van der Waals surface area contributed by atoms with Crippen LogP contribution < -0.4 is 5.73 Å². The van der Waals surface area contributed by atoms with E-state index in [4.69, 9.17) is 10.3 Å². The number of hydrogen-bond donors (Lipinski definition) is 1. The van der Waals surface area contributed by atoms with Crippen LogP contribution in [0.25, 0.3) is 0 Å². The average Bonchev–Trinajstić information content (AvgIpc) is 2.78. The molecule has 92 valence electrons. The van der Waals surface area contributed by atoms with Crippen LogP contribution in [0.5, 0.6) is 0 Å². The molecule has 2 N–H and O–H groups in total. The molecule has 0 aromatic carbocycles. The van der Waals surface area contributed by atoms with Gasteiger partial charge in [0.2, 0.25) is 0 Å². The van der Waals surface area contributed by atoms with E-state index in [1.807, 2.05) is 20.8 Å². The number of thiazole rings is 1. The summed E-state index contributed by atoms with van der Waals surface area (Å²) in [5.74, 6) is 0.885. The molecule has 0 atom stereocenters. The number of rotatable bonds is 4. The molecule has 0 radical (unpaired) electrons. The molecule has 0 aliphatic carbocycles. The number of aryl methyl sites for hydroxylation is 3. The van der Waals surface area contributed by atoms with Gasteiger partial charge >= 0.3 is 0 Å². The number of hydrogen-bond acceptors (Lipinski definition) is 5. The minimum atomic E-state index is 0.674. The lowest BCUT2D eigenvalue weighted by atomic mass is 10.1. The summed E-state index contributed by atoms with van der Waals surface area (Å²) >= 11 is 1.74. The topological polar surface area (TPSA) is 64.9 Å². The molecule has 17 heavy (non-hydrogen) atoms. The van der Waals surface area contributed by atoms with Crippen molar-refractivity contribution in [3.05, 3.63) is 32.6 Å². The first-order chi connectivity index (χ1) is 8.11. The Hall–Kier alpha value is -1.20. The quantitative estimate of drug-likeness (QED) is 0.904. The van der Waals surface area contributed by atoms with Crippen molar-refractivity contribution in [3.63, 3.8) is 0 Å². The van der Waals surface area contributed by atoms with Gasteiger partial charge in [0.05, 0.1) is 16.4 Å². The number of nitrogens with zero attached hydrogens (tertiary/aromatic N) is 2. The predicted molar refractivity (Wildman–Crippen MR) is 68.4 cm³/mol. The highest BCUT2D eigenvalue weighted by molar-refractivity contribution is 7.11. The molecule has 2 aromatic rings. The van der Waals surface area contributed by atoms with Crippen molar-refractivity contribution in [1.29, 1.82) is 0 Å². The van der Waals surface area contributed by atoms with Gasteiger partial charge in [-0.05, 0) is 33.7 Å². The van der Waals surface area contributed by atoms with E-state index in [0.29, 0.717) is 6.54 Å². The monoisotopic (exact) mass is 251 g/mol. The van der Waals surface area contributed by atoms with Crippen LogP contribution in [-0.2, 0) is 12.8 Å². The van der Waals surface area contributed by atoms with E-state index in [2.05, 4.69) is 10.1 Å². The zero-order chi connectivity index (χ0) is 12.4. The zero-order valence-electron chi connectivity index (χ0n) is 10.4. The third-order valence-electron chi connectivity index (χ3n) is 2.82. The minimum absolute atomic E-state index is 0.674. The molecule has 0 amide bonds. The van der Waals surface area contributed by atoms with Crippen LogP contribution in [0.15, 0.2) is 4.52 Å². The average molecular weight is 251 g/mol. The van der Waals surface area contributed by atoms with Crippen molar-refractivity contribution >= 4 is 11.3 Å². The maximum absolute atomic E-state index is 5.58. The van der Waals surface area contributed by atoms with Crippen molar-refractivity contribution in [2.45, 2.75) is 33.6 Å². The summed E-state index contributed by atoms with van der Waals surface area (Å²) in [7, 11) is 0. The normalized spacial score (nSPS) is 11.1. The number of nitrogens with two attached hydrogens (primary N) is 1. The second kappa shape index (κ2) is 4.98. The highest BCUT2D eigenvalue weighted by Gasteiger charge is 2.13. The molecule has 2 heterocycles. The molecule has 0 spiro atoms. The SMILES string of the molecule is Cc1nc(Cc2c(C)noc2C)sc1CCN. The smallest absolute Gasteiger partial charge is 0.137 e. The summed E-state index contributed by atoms with van der Waals surface area (Å²) in [6.45, 7) is 6.62. The van der Waals surface area contributed by atoms with Gasteiger partial charge in [-0.3, -0.25) is 0 Å². The van der Waals surface area contributed by atoms with E-state index in [-0.39, 0.29) is 0 Å². The Morgan fingerprint density at radius 1 is 1.24 bits per heavy atom. The molecule has 0 aliphatic heterocycles. The Labute approximate surface area is 105 Å².